The van der Waals surface area contributed by atoms with Gasteiger partial charge in [0.2, 0.25) is 0 Å². The Bertz CT molecular complexity index is 622. The van der Waals surface area contributed by atoms with Crippen LogP contribution in [-0.4, -0.2) is 46.9 Å². The summed E-state index contributed by atoms with van der Waals surface area (Å²) < 4.78 is 10.8. The first-order chi connectivity index (χ1) is 12.2. The van der Waals surface area contributed by atoms with Gasteiger partial charge in [0.05, 0.1) is 20.8 Å². The van der Waals surface area contributed by atoms with E-state index in [1.807, 2.05) is 11.0 Å². The van der Waals surface area contributed by atoms with Gasteiger partial charge in [-0.05, 0) is 42.9 Å². The van der Waals surface area contributed by atoms with Gasteiger partial charge in [0.1, 0.15) is 32.7 Å². The maximum atomic E-state index is 5.44. The Kier molecular flexibility index (Phi) is 5.00. The van der Waals surface area contributed by atoms with Gasteiger partial charge >= 0.3 is 0 Å². The minimum atomic E-state index is 0.815. The molecule has 1 aromatic carbocycles. The summed E-state index contributed by atoms with van der Waals surface area (Å²) in [5, 5.41) is 0. The zero-order valence-corrected chi connectivity index (χ0v) is 15.6. The summed E-state index contributed by atoms with van der Waals surface area (Å²) >= 11 is 0. The van der Waals surface area contributed by atoms with Crippen LogP contribution in [0.25, 0.3) is 0 Å². The number of nitrogens with one attached hydrogen (secondary N) is 2. The van der Waals surface area contributed by atoms with E-state index in [9.17, 15) is 0 Å². The van der Waals surface area contributed by atoms with Crippen molar-refractivity contribution in [3.63, 3.8) is 0 Å². The Balaban J connectivity index is 1.27. The molecule has 4 nitrogen and oxygen atoms in total. The van der Waals surface area contributed by atoms with E-state index in [1.165, 1.54) is 51.1 Å². The van der Waals surface area contributed by atoms with Crippen molar-refractivity contribution in [1.29, 1.82) is 0 Å². The molecule has 3 aliphatic rings. The molecule has 0 spiro atoms. The van der Waals surface area contributed by atoms with Crippen molar-refractivity contribution < 1.29 is 19.3 Å². The van der Waals surface area contributed by atoms with Crippen molar-refractivity contribution in [3.8, 4) is 11.5 Å². The fourth-order valence-corrected chi connectivity index (χ4v) is 5.12. The standard InChI is InChI=1S/C21H30N2O2/c1-24-20-6-4-17(13-21(20)25-2)14-22-7-9-23(10-8-22)15-19-12-16-3-5-18(19)11-16/h3-6,13,16,18-19H,7-12,14-15H2,1-2H3/p+2/t16-,18-,19+/m0/s1. The number of quaternary nitrogens is 2. The third-order valence-corrected chi connectivity index (χ3v) is 6.53. The number of rotatable bonds is 6. The molecule has 4 heteroatoms. The van der Waals surface area contributed by atoms with E-state index < -0.39 is 0 Å². The Hall–Kier alpha value is -1.52. The van der Waals surface area contributed by atoms with E-state index in [2.05, 4.69) is 24.3 Å². The van der Waals surface area contributed by atoms with Crippen molar-refractivity contribution in [2.75, 3.05) is 46.9 Å². The molecule has 2 bridgehead atoms. The molecule has 4 rings (SSSR count). The van der Waals surface area contributed by atoms with Gasteiger partial charge in [-0.15, -0.1) is 0 Å². The van der Waals surface area contributed by atoms with Crippen LogP contribution in [0.2, 0.25) is 0 Å². The molecular weight excluding hydrogens is 312 g/mol. The fraction of sp³-hybridized carbons (Fsp3) is 0.619. The van der Waals surface area contributed by atoms with E-state index in [4.69, 9.17) is 9.47 Å². The predicted molar refractivity (Wildman–Crippen MR) is 98.4 cm³/mol. The molecule has 1 aromatic rings. The van der Waals surface area contributed by atoms with Crippen LogP contribution < -0.4 is 19.3 Å². The largest absolute Gasteiger partial charge is 0.493 e. The van der Waals surface area contributed by atoms with Crippen molar-refractivity contribution in [2.24, 2.45) is 17.8 Å². The molecule has 1 heterocycles. The lowest BCUT2D eigenvalue weighted by Gasteiger charge is -2.32. The number of benzene rings is 1. The van der Waals surface area contributed by atoms with Gasteiger partial charge in [0.25, 0.3) is 0 Å². The minimum absolute atomic E-state index is 0.815. The topological polar surface area (TPSA) is 27.3 Å². The summed E-state index contributed by atoms with van der Waals surface area (Å²) in [5.41, 5.74) is 1.34. The highest BCUT2D eigenvalue weighted by Crippen LogP contribution is 2.42. The molecule has 0 aromatic heterocycles. The van der Waals surface area contributed by atoms with Gasteiger partial charge in [0.15, 0.2) is 11.5 Å². The second-order valence-electron chi connectivity index (χ2n) is 8.11. The Labute approximate surface area is 151 Å². The predicted octanol–water partition coefficient (Wildman–Crippen LogP) is 0.199. The van der Waals surface area contributed by atoms with Gasteiger partial charge in [-0.25, -0.2) is 0 Å². The number of fused-ring (bicyclic) bond motifs is 2. The first kappa shape index (κ1) is 16.9. The van der Waals surface area contributed by atoms with Crippen molar-refractivity contribution in [2.45, 2.75) is 19.4 Å². The van der Waals surface area contributed by atoms with Crippen LogP contribution in [0.3, 0.4) is 0 Å². The fourth-order valence-electron chi connectivity index (χ4n) is 5.12. The summed E-state index contributed by atoms with van der Waals surface area (Å²) in [6.45, 7) is 7.68. The Morgan fingerprint density at radius 1 is 0.920 bits per heavy atom. The summed E-state index contributed by atoms with van der Waals surface area (Å²) in [6.07, 6.45) is 7.85. The average Bonchev–Trinajstić information content (AvgIpc) is 3.26. The molecule has 25 heavy (non-hydrogen) atoms. The molecule has 136 valence electrons. The average molecular weight is 344 g/mol. The number of methoxy groups -OCH3 is 2. The molecule has 0 unspecified atom stereocenters. The monoisotopic (exact) mass is 344 g/mol. The lowest BCUT2D eigenvalue weighted by atomic mass is 9.93. The minimum Gasteiger partial charge on any atom is -0.493 e. The SMILES string of the molecule is COc1ccc(C[NH+]2CC[NH+](C[C@H]3C[C@H]4C=C[C@H]3C4)CC2)cc1OC. The molecule has 1 saturated carbocycles. The van der Waals surface area contributed by atoms with E-state index >= 15 is 0 Å². The van der Waals surface area contributed by atoms with Crippen LogP contribution in [0.1, 0.15) is 18.4 Å². The number of piperazine rings is 1. The maximum absolute atomic E-state index is 5.44. The molecule has 1 aliphatic heterocycles. The summed E-state index contributed by atoms with van der Waals surface area (Å²) in [7, 11) is 3.40. The van der Waals surface area contributed by atoms with Crippen molar-refractivity contribution >= 4 is 0 Å². The third-order valence-electron chi connectivity index (χ3n) is 6.53. The van der Waals surface area contributed by atoms with Crippen LogP contribution in [0.15, 0.2) is 30.4 Å². The summed E-state index contributed by atoms with van der Waals surface area (Å²) in [4.78, 5) is 3.53. The number of allylic oxidation sites excluding steroid dienone is 2. The maximum Gasteiger partial charge on any atom is 0.161 e. The third kappa shape index (κ3) is 3.70. The van der Waals surface area contributed by atoms with Gasteiger partial charge in [-0.3, -0.25) is 0 Å². The van der Waals surface area contributed by atoms with Gasteiger partial charge in [-0.2, -0.15) is 0 Å². The number of hydrogen-bond acceptors (Lipinski definition) is 2. The smallest absolute Gasteiger partial charge is 0.161 e. The Morgan fingerprint density at radius 2 is 1.68 bits per heavy atom. The molecule has 2 N–H and O–H groups in total. The van der Waals surface area contributed by atoms with Crippen LogP contribution in [0.4, 0.5) is 0 Å². The van der Waals surface area contributed by atoms with Crippen LogP contribution in [0, 0.1) is 17.8 Å². The van der Waals surface area contributed by atoms with Gasteiger partial charge < -0.3 is 19.3 Å². The quantitative estimate of drug-likeness (QED) is 0.722. The van der Waals surface area contributed by atoms with Gasteiger partial charge in [-0.1, -0.05) is 12.2 Å². The summed E-state index contributed by atoms with van der Waals surface area (Å²) in [6, 6.07) is 6.33. The normalized spacial score (nSPS) is 33.6. The van der Waals surface area contributed by atoms with E-state index in [1.54, 1.807) is 19.1 Å². The second kappa shape index (κ2) is 7.38. The zero-order chi connectivity index (χ0) is 17.2. The molecule has 1 saturated heterocycles. The first-order valence-corrected chi connectivity index (χ1v) is 9.81. The lowest BCUT2D eigenvalue weighted by molar-refractivity contribution is -1.02. The highest BCUT2D eigenvalue weighted by molar-refractivity contribution is 5.42. The number of ether oxygens (including phenoxy) is 2. The molecule has 0 radical (unpaired) electrons. The lowest BCUT2D eigenvalue weighted by Crippen LogP contribution is -3.27. The van der Waals surface area contributed by atoms with Crippen molar-refractivity contribution in [3.05, 3.63) is 35.9 Å². The van der Waals surface area contributed by atoms with E-state index in [0.29, 0.717) is 0 Å². The van der Waals surface area contributed by atoms with E-state index in [-0.39, 0.29) is 0 Å². The van der Waals surface area contributed by atoms with Crippen LogP contribution in [-0.2, 0) is 6.54 Å². The van der Waals surface area contributed by atoms with Gasteiger partial charge in [0, 0.05) is 11.5 Å². The van der Waals surface area contributed by atoms with Crippen LogP contribution >= 0.6 is 0 Å². The first-order valence-electron chi connectivity index (χ1n) is 9.81. The zero-order valence-electron chi connectivity index (χ0n) is 15.6. The second-order valence-corrected chi connectivity index (χ2v) is 8.11. The highest BCUT2D eigenvalue weighted by Gasteiger charge is 2.38. The highest BCUT2D eigenvalue weighted by atomic mass is 16.5. The van der Waals surface area contributed by atoms with E-state index in [0.717, 1.165) is 35.8 Å². The van der Waals surface area contributed by atoms with Crippen LogP contribution in [0.5, 0.6) is 11.5 Å². The Morgan fingerprint density at radius 3 is 2.32 bits per heavy atom. The number of hydrogen-bond donors (Lipinski definition) is 2. The molecular formula is C21H32N2O2+2. The molecule has 0 amide bonds. The van der Waals surface area contributed by atoms with Crippen molar-refractivity contribution in [1.82, 2.24) is 0 Å². The molecule has 3 atom stereocenters. The molecule has 2 aliphatic carbocycles. The molecule has 2 fully saturated rings. The summed E-state index contributed by atoms with van der Waals surface area (Å²) in [5.74, 6) is 4.42.